The van der Waals surface area contributed by atoms with E-state index in [2.05, 4.69) is 0 Å². The van der Waals surface area contributed by atoms with Crippen molar-refractivity contribution in [3.63, 3.8) is 0 Å². The molecule has 0 atom stereocenters. The molecule has 0 N–H and O–H groups in total. The van der Waals surface area contributed by atoms with Gasteiger partial charge in [-0.2, -0.15) is 0 Å². The Morgan fingerprint density at radius 3 is 0.500 bits per heavy atom. The SMILES string of the molecule is [Mg].[Mg].[Mg].[Pd]. The third-order valence-corrected chi connectivity index (χ3v) is 0. The van der Waals surface area contributed by atoms with E-state index in [0.717, 1.165) is 0 Å². The molecule has 0 fully saturated rings. The molecule has 0 heterocycles. The van der Waals surface area contributed by atoms with Crippen molar-refractivity contribution in [1.29, 1.82) is 0 Å². The predicted molar refractivity (Wildman–Crippen MR) is 17.3 cm³/mol. The fourth-order valence-electron chi connectivity index (χ4n) is 0. The zero-order valence-electron chi connectivity index (χ0n) is 2.44. The molecule has 0 aliphatic rings. The molecule has 0 bridgehead atoms. The Hall–Kier alpha value is 2.96. The van der Waals surface area contributed by atoms with Gasteiger partial charge in [-0.3, -0.25) is 0 Å². The van der Waals surface area contributed by atoms with Gasteiger partial charge in [-0.25, -0.2) is 0 Å². The van der Waals surface area contributed by atoms with Crippen molar-refractivity contribution >= 4 is 69.2 Å². The molecule has 0 aliphatic carbocycles. The van der Waals surface area contributed by atoms with E-state index in [1.54, 1.807) is 0 Å². The molecule has 0 aromatic heterocycles. The molecule has 0 unspecified atom stereocenters. The summed E-state index contributed by atoms with van der Waals surface area (Å²) in [6.45, 7) is 0. The van der Waals surface area contributed by atoms with Crippen LogP contribution in [0.1, 0.15) is 0 Å². The molecule has 0 spiro atoms. The van der Waals surface area contributed by atoms with Gasteiger partial charge in [-0.15, -0.1) is 0 Å². The molecule has 4 heavy (non-hydrogen) atoms. The molecular formula is Mg3Pd. The van der Waals surface area contributed by atoms with E-state index >= 15 is 0 Å². The molecule has 0 rings (SSSR count). The molecule has 0 aromatic carbocycles. The number of hydrogen-bond donors (Lipinski definition) is 0. The maximum Gasteiger partial charge on any atom is 0 e. The summed E-state index contributed by atoms with van der Waals surface area (Å²) >= 11 is 0. The first-order valence-electron chi connectivity index (χ1n) is 0. The van der Waals surface area contributed by atoms with Crippen LogP contribution in [0.15, 0.2) is 0 Å². The van der Waals surface area contributed by atoms with E-state index in [0.29, 0.717) is 0 Å². The largest absolute Gasteiger partial charge is 0 e. The van der Waals surface area contributed by atoms with E-state index in [9.17, 15) is 0 Å². The van der Waals surface area contributed by atoms with Crippen molar-refractivity contribution in [2.24, 2.45) is 0 Å². The Balaban J connectivity index is 0. The first-order chi connectivity index (χ1) is 0. The van der Waals surface area contributed by atoms with Crippen LogP contribution in [-0.2, 0) is 20.4 Å². The normalized spacial score (nSPS) is 0. The fourth-order valence-corrected chi connectivity index (χ4v) is 0. The average Bonchev–Trinajstić information content (AvgIpc) is 0. The van der Waals surface area contributed by atoms with Gasteiger partial charge in [0.25, 0.3) is 0 Å². The van der Waals surface area contributed by atoms with Gasteiger partial charge in [0.1, 0.15) is 0 Å². The van der Waals surface area contributed by atoms with Gasteiger partial charge in [0.05, 0.1) is 0 Å². The second kappa shape index (κ2) is 16.7. The molecule has 0 nitrogen and oxygen atoms in total. The Morgan fingerprint density at radius 1 is 0.500 bits per heavy atom. The summed E-state index contributed by atoms with van der Waals surface area (Å²) in [5.41, 5.74) is 0. The number of hydrogen-bond acceptors (Lipinski definition) is 0. The summed E-state index contributed by atoms with van der Waals surface area (Å²) < 4.78 is 0. The zero-order chi connectivity index (χ0) is 0. The molecule has 6 radical (unpaired) electrons. The van der Waals surface area contributed by atoms with Crippen molar-refractivity contribution in [1.82, 2.24) is 0 Å². The Morgan fingerprint density at radius 2 is 0.500 bits per heavy atom. The summed E-state index contributed by atoms with van der Waals surface area (Å²) in [5.74, 6) is 0. The molecular weight excluding hydrogens is 179 g/mol. The fraction of sp³-hybridized carbons (Fsp3) is 0. The molecule has 4 heteroatoms. The van der Waals surface area contributed by atoms with Gasteiger partial charge in [0.15, 0.2) is 0 Å². The standard InChI is InChI=1S/3Mg.Pd. The van der Waals surface area contributed by atoms with Gasteiger partial charge in [0, 0.05) is 89.6 Å². The topological polar surface area (TPSA) is 0 Å². The Bertz CT molecular complexity index is 3.25. The second-order valence-electron chi connectivity index (χ2n) is 0. The third kappa shape index (κ3) is 8.88. The van der Waals surface area contributed by atoms with Crippen molar-refractivity contribution in [3.05, 3.63) is 0 Å². The molecule has 0 saturated heterocycles. The van der Waals surface area contributed by atoms with Crippen LogP contribution in [0.5, 0.6) is 0 Å². The molecule has 0 aromatic rings. The van der Waals surface area contributed by atoms with Crippen LogP contribution in [0.4, 0.5) is 0 Å². The number of rotatable bonds is 0. The quantitative estimate of drug-likeness (QED) is 0.412. The van der Waals surface area contributed by atoms with Gasteiger partial charge in [-0.1, -0.05) is 0 Å². The summed E-state index contributed by atoms with van der Waals surface area (Å²) in [6, 6.07) is 0. The Labute approximate surface area is 88.0 Å². The van der Waals surface area contributed by atoms with E-state index in [1.165, 1.54) is 0 Å². The third-order valence-electron chi connectivity index (χ3n) is 0. The van der Waals surface area contributed by atoms with Gasteiger partial charge >= 0.3 is 0 Å². The smallest absolute Gasteiger partial charge is 0 e. The average molecular weight is 179 g/mol. The van der Waals surface area contributed by atoms with E-state index < -0.39 is 0 Å². The van der Waals surface area contributed by atoms with E-state index in [-0.39, 0.29) is 89.6 Å². The van der Waals surface area contributed by atoms with Crippen LogP contribution in [0, 0.1) is 0 Å². The second-order valence-corrected chi connectivity index (χ2v) is 0. The van der Waals surface area contributed by atoms with Crippen LogP contribution in [0.3, 0.4) is 0 Å². The first-order valence-corrected chi connectivity index (χ1v) is 0. The molecule has 0 saturated carbocycles. The van der Waals surface area contributed by atoms with Crippen LogP contribution in [0.2, 0.25) is 0 Å². The monoisotopic (exact) mass is 178 g/mol. The first kappa shape index (κ1) is 28.2. The van der Waals surface area contributed by atoms with Crippen molar-refractivity contribution in [3.8, 4) is 0 Å². The Kier molecular flexibility index (Phi) is 118. The van der Waals surface area contributed by atoms with Crippen LogP contribution in [-0.4, -0.2) is 69.2 Å². The van der Waals surface area contributed by atoms with Crippen LogP contribution >= 0.6 is 0 Å². The predicted octanol–water partition coefficient (Wildman–Crippen LogP) is -1.14. The van der Waals surface area contributed by atoms with E-state index in [1.807, 2.05) is 0 Å². The van der Waals surface area contributed by atoms with Crippen molar-refractivity contribution in [2.45, 2.75) is 0 Å². The minimum Gasteiger partial charge on any atom is 0 e. The summed E-state index contributed by atoms with van der Waals surface area (Å²) in [4.78, 5) is 0. The van der Waals surface area contributed by atoms with Gasteiger partial charge in [0.2, 0.25) is 0 Å². The molecule has 16 valence electrons. The zero-order valence-corrected chi connectivity index (χ0v) is 8.23. The summed E-state index contributed by atoms with van der Waals surface area (Å²) in [6.07, 6.45) is 0. The van der Waals surface area contributed by atoms with Gasteiger partial charge in [-0.05, 0) is 0 Å². The summed E-state index contributed by atoms with van der Waals surface area (Å²) in [7, 11) is 0. The van der Waals surface area contributed by atoms with E-state index in [4.69, 9.17) is 0 Å². The van der Waals surface area contributed by atoms with Crippen molar-refractivity contribution < 1.29 is 20.4 Å². The van der Waals surface area contributed by atoms with Crippen LogP contribution < -0.4 is 0 Å². The van der Waals surface area contributed by atoms with Crippen molar-refractivity contribution in [2.75, 3.05) is 0 Å². The molecule has 0 aliphatic heterocycles. The summed E-state index contributed by atoms with van der Waals surface area (Å²) in [5, 5.41) is 0. The molecule has 0 amide bonds. The van der Waals surface area contributed by atoms with Gasteiger partial charge < -0.3 is 0 Å². The maximum absolute atomic E-state index is 0. The maximum atomic E-state index is 0. The minimum atomic E-state index is 0. The van der Waals surface area contributed by atoms with Crippen LogP contribution in [0.25, 0.3) is 0 Å². The minimum absolute atomic E-state index is 0.